The van der Waals surface area contributed by atoms with Crippen LogP contribution in [0.2, 0.25) is 0 Å². The van der Waals surface area contributed by atoms with Gasteiger partial charge in [-0.25, -0.2) is 0 Å². The number of thioether (sulfide) groups is 1. The lowest BCUT2D eigenvalue weighted by Gasteiger charge is -2.30. The van der Waals surface area contributed by atoms with E-state index in [1.165, 1.54) is 17.3 Å². The first-order valence-corrected chi connectivity index (χ1v) is 9.83. The Hall–Kier alpha value is -2.60. The van der Waals surface area contributed by atoms with E-state index in [4.69, 9.17) is 0 Å². The summed E-state index contributed by atoms with van der Waals surface area (Å²) in [7, 11) is 0. The predicted octanol–water partition coefficient (Wildman–Crippen LogP) is 3.25. The smallest absolute Gasteiger partial charge is 0.317 e. The second kappa shape index (κ2) is 9.37. The quantitative estimate of drug-likeness (QED) is 0.798. The van der Waals surface area contributed by atoms with Crippen molar-refractivity contribution in [1.82, 2.24) is 4.90 Å². The maximum atomic E-state index is 12.5. The maximum Gasteiger partial charge on any atom is 0.317 e. The number of hydrogen-bond donors (Lipinski definition) is 1. The predicted molar refractivity (Wildman–Crippen MR) is 108 cm³/mol. The van der Waals surface area contributed by atoms with Crippen molar-refractivity contribution in [1.29, 1.82) is 0 Å². The monoisotopic (exact) mass is 382 g/mol. The number of hydrogen-bond acceptors (Lipinski definition) is 4. The number of carbonyl (C=O) groups is 2. The minimum Gasteiger partial charge on any atom is -0.480 e. The molecule has 0 spiro atoms. The van der Waals surface area contributed by atoms with Gasteiger partial charge in [-0.05, 0) is 24.0 Å². The van der Waals surface area contributed by atoms with Crippen molar-refractivity contribution in [2.24, 2.45) is 4.99 Å². The molecule has 1 N–H and O–H groups in total. The van der Waals surface area contributed by atoms with Crippen LogP contribution < -0.4 is 0 Å². The zero-order chi connectivity index (χ0) is 19.1. The number of amidine groups is 1. The normalized spacial score (nSPS) is 18.7. The molecule has 1 atom stereocenters. The minimum absolute atomic E-state index is 0.00644. The lowest BCUT2D eigenvalue weighted by Crippen LogP contribution is -2.45. The van der Waals surface area contributed by atoms with Crippen LogP contribution in [-0.4, -0.2) is 45.4 Å². The van der Waals surface area contributed by atoms with E-state index in [9.17, 15) is 14.7 Å². The van der Waals surface area contributed by atoms with Crippen LogP contribution in [0.25, 0.3) is 0 Å². The lowest BCUT2D eigenvalue weighted by molar-refractivity contribution is -0.139. The van der Waals surface area contributed by atoms with Gasteiger partial charge in [0.1, 0.15) is 5.25 Å². The molecule has 0 aromatic heterocycles. The van der Waals surface area contributed by atoms with Crippen LogP contribution in [0, 0.1) is 0 Å². The minimum atomic E-state index is -0.966. The molecule has 0 radical (unpaired) electrons. The zero-order valence-electron chi connectivity index (χ0n) is 15.0. The van der Waals surface area contributed by atoms with Gasteiger partial charge in [0.2, 0.25) is 5.91 Å². The highest BCUT2D eigenvalue weighted by Gasteiger charge is 2.35. The molecule has 2 aromatic rings. The zero-order valence-corrected chi connectivity index (χ0v) is 15.8. The number of aliphatic carboxylic acids is 1. The Morgan fingerprint density at radius 1 is 1.04 bits per heavy atom. The summed E-state index contributed by atoms with van der Waals surface area (Å²) in [5, 5.41) is 9.08. The van der Waals surface area contributed by atoms with Crippen LogP contribution in [0.3, 0.4) is 0 Å². The molecular formula is C21H22N2O3S. The molecule has 1 aliphatic rings. The Balaban J connectivity index is 1.70. The number of carboxylic acid groups (broad SMARTS) is 1. The summed E-state index contributed by atoms with van der Waals surface area (Å²) in [6, 6.07) is 19.9. The van der Waals surface area contributed by atoms with Crippen molar-refractivity contribution < 1.29 is 14.7 Å². The standard InChI is InChI=1S/C21H22N2O3S/c24-19-15-18(20(25)26)27-21(22-13-11-16-7-3-1-4-8-16)23(19)14-12-17-9-5-2-6-10-17/h1-10,18H,11-15H2,(H,25,26)/t18-/m0/s1. The Kier molecular flexibility index (Phi) is 6.65. The van der Waals surface area contributed by atoms with Crippen LogP contribution >= 0.6 is 11.8 Å². The third kappa shape index (κ3) is 5.44. The first-order chi connectivity index (χ1) is 13.1. The Labute approximate surface area is 163 Å². The highest BCUT2D eigenvalue weighted by atomic mass is 32.2. The number of amides is 1. The van der Waals surface area contributed by atoms with Crippen molar-refractivity contribution in [3.8, 4) is 0 Å². The largest absolute Gasteiger partial charge is 0.480 e. The van der Waals surface area contributed by atoms with E-state index in [0.717, 1.165) is 12.0 Å². The molecule has 140 valence electrons. The molecule has 1 fully saturated rings. The number of carboxylic acids is 1. The SMILES string of the molecule is O=C(O)[C@@H]1CC(=O)N(CCc2ccccc2)C(=NCCc2ccccc2)S1. The van der Waals surface area contributed by atoms with Gasteiger partial charge in [-0.15, -0.1) is 0 Å². The molecule has 1 aliphatic heterocycles. The van der Waals surface area contributed by atoms with Crippen molar-refractivity contribution in [3.63, 3.8) is 0 Å². The molecule has 5 nitrogen and oxygen atoms in total. The van der Waals surface area contributed by atoms with Crippen LogP contribution in [-0.2, 0) is 22.4 Å². The summed E-state index contributed by atoms with van der Waals surface area (Å²) in [5.41, 5.74) is 2.30. The van der Waals surface area contributed by atoms with Crippen molar-refractivity contribution in [2.75, 3.05) is 13.1 Å². The van der Waals surface area contributed by atoms with E-state index in [-0.39, 0.29) is 12.3 Å². The molecular weight excluding hydrogens is 360 g/mol. The van der Waals surface area contributed by atoms with Gasteiger partial charge in [0, 0.05) is 13.1 Å². The number of rotatable bonds is 7. The average Bonchev–Trinajstić information content (AvgIpc) is 2.68. The Morgan fingerprint density at radius 3 is 2.22 bits per heavy atom. The Morgan fingerprint density at radius 2 is 1.63 bits per heavy atom. The third-order valence-electron chi connectivity index (χ3n) is 4.37. The maximum absolute atomic E-state index is 12.5. The summed E-state index contributed by atoms with van der Waals surface area (Å²) in [6.07, 6.45) is 1.47. The summed E-state index contributed by atoms with van der Waals surface area (Å²) in [6.45, 7) is 1.03. The fraction of sp³-hybridized carbons (Fsp3) is 0.286. The fourth-order valence-corrected chi connectivity index (χ4v) is 3.97. The molecule has 1 amide bonds. The number of carbonyl (C=O) groups excluding carboxylic acids is 1. The van der Waals surface area contributed by atoms with Crippen molar-refractivity contribution in [3.05, 3.63) is 71.8 Å². The molecule has 0 unspecified atom stereocenters. The lowest BCUT2D eigenvalue weighted by atomic mass is 10.1. The van der Waals surface area contributed by atoms with E-state index in [2.05, 4.69) is 4.99 Å². The van der Waals surface area contributed by atoms with Crippen LogP contribution in [0.1, 0.15) is 17.5 Å². The summed E-state index contributed by atoms with van der Waals surface area (Å²) < 4.78 is 0. The van der Waals surface area contributed by atoms with Gasteiger partial charge in [-0.2, -0.15) is 0 Å². The van der Waals surface area contributed by atoms with E-state index in [1.807, 2.05) is 60.7 Å². The Bertz CT molecular complexity index is 809. The van der Waals surface area contributed by atoms with Gasteiger partial charge in [0.05, 0.1) is 6.42 Å². The van der Waals surface area contributed by atoms with Gasteiger partial charge in [-0.3, -0.25) is 19.5 Å². The summed E-state index contributed by atoms with van der Waals surface area (Å²) in [5.74, 6) is -1.14. The van der Waals surface area contributed by atoms with E-state index < -0.39 is 11.2 Å². The number of aliphatic imine (C=N–C) groups is 1. The molecule has 2 aromatic carbocycles. The molecule has 1 heterocycles. The summed E-state index contributed by atoms with van der Waals surface area (Å²) >= 11 is 1.18. The van der Waals surface area contributed by atoms with Crippen molar-refractivity contribution in [2.45, 2.75) is 24.5 Å². The number of benzene rings is 2. The second-order valence-corrected chi connectivity index (χ2v) is 7.50. The van der Waals surface area contributed by atoms with Crippen LogP contribution in [0.15, 0.2) is 65.7 Å². The van der Waals surface area contributed by atoms with Gasteiger partial charge >= 0.3 is 5.97 Å². The molecule has 1 saturated heterocycles. The van der Waals surface area contributed by atoms with Gasteiger partial charge in [0.25, 0.3) is 0 Å². The highest BCUT2D eigenvalue weighted by molar-refractivity contribution is 8.15. The molecule has 0 bridgehead atoms. The number of nitrogens with zero attached hydrogens (tertiary/aromatic N) is 2. The fourth-order valence-electron chi connectivity index (χ4n) is 2.90. The molecule has 0 saturated carbocycles. The molecule has 6 heteroatoms. The van der Waals surface area contributed by atoms with Gasteiger partial charge in [-0.1, -0.05) is 72.4 Å². The van der Waals surface area contributed by atoms with E-state index in [0.29, 0.717) is 24.7 Å². The molecule has 0 aliphatic carbocycles. The first-order valence-electron chi connectivity index (χ1n) is 8.95. The van der Waals surface area contributed by atoms with Crippen LogP contribution in [0.5, 0.6) is 0 Å². The first kappa shape index (κ1) is 19.2. The average molecular weight is 382 g/mol. The van der Waals surface area contributed by atoms with E-state index in [1.54, 1.807) is 4.90 Å². The topological polar surface area (TPSA) is 70.0 Å². The summed E-state index contributed by atoms with van der Waals surface area (Å²) in [4.78, 5) is 30.1. The molecule has 27 heavy (non-hydrogen) atoms. The van der Waals surface area contributed by atoms with E-state index >= 15 is 0 Å². The van der Waals surface area contributed by atoms with Gasteiger partial charge < -0.3 is 5.11 Å². The highest BCUT2D eigenvalue weighted by Crippen LogP contribution is 2.27. The molecule has 3 rings (SSSR count). The van der Waals surface area contributed by atoms with Crippen LogP contribution in [0.4, 0.5) is 0 Å². The van der Waals surface area contributed by atoms with Crippen molar-refractivity contribution >= 4 is 28.8 Å². The second-order valence-electron chi connectivity index (χ2n) is 6.33. The third-order valence-corrected chi connectivity index (χ3v) is 5.59. The van der Waals surface area contributed by atoms with Gasteiger partial charge in [0.15, 0.2) is 5.17 Å².